The first-order valence-corrected chi connectivity index (χ1v) is 6.52. The number of aryl methyl sites for hydroxylation is 2. The lowest BCUT2D eigenvalue weighted by Crippen LogP contribution is -2.37. The standard InChI is InChI=1S/C15H23NO3/c1-12-4-5-14(10-13(12)2)11-15(18)16(6-8-17)7-9-19-3/h4-5,10,17H,6-9,11H2,1-3H3. The number of aliphatic hydroxyl groups is 1. The second-order valence-corrected chi connectivity index (χ2v) is 4.69. The number of rotatable bonds is 7. The lowest BCUT2D eigenvalue weighted by molar-refractivity contribution is -0.131. The Balaban J connectivity index is 2.66. The first-order chi connectivity index (χ1) is 9.08. The molecule has 0 aliphatic carbocycles. The molecule has 0 spiro atoms. The number of ether oxygens (including phenoxy) is 1. The molecule has 0 atom stereocenters. The van der Waals surface area contributed by atoms with E-state index in [4.69, 9.17) is 9.84 Å². The summed E-state index contributed by atoms with van der Waals surface area (Å²) in [6, 6.07) is 6.05. The Hall–Kier alpha value is -1.39. The summed E-state index contributed by atoms with van der Waals surface area (Å²) in [6.07, 6.45) is 0.366. The van der Waals surface area contributed by atoms with Crippen LogP contribution in [0.15, 0.2) is 18.2 Å². The topological polar surface area (TPSA) is 49.8 Å². The van der Waals surface area contributed by atoms with Crippen molar-refractivity contribution < 1.29 is 14.6 Å². The highest BCUT2D eigenvalue weighted by Gasteiger charge is 2.13. The molecule has 1 rings (SSSR count). The van der Waals surface area contributed by atoms with Gasteiger partial charge in [0, 0.05) is 20.2 Å². The molecule has 1 aromatic carbocycles. The minimum absolute atomic E-state index is 0.0225. The van der Waals surface area contributed by atoms with Crippen molar-refractivity contribution in [2.45, 2.75) is 20.3 Å². The van der Waals surface area contributed by atoms with E-state index >= 15 is 0 Å². The summed E-state index contributed by atoms with van der Waals surface area (Å²) in [6.45, 7) is 5.42. The Morgan fingerprint density at radius 1 is 1.26 bits per heavy atom. The molecule has 0 aliphatic rings. The number of carbonyl (C=O) groups is 1. The smallest absolute Gasteiger partial charge is 0.227 e. The van der Waals surface area contributed by atoms with E-state index in [9.17, 15) is 4.79 Å². The first kappa shape index (κ1) is 15.7. The maximum absolute atomic E-state index is 12.2. The third-order valence-electron chi connectivity index (χ3n) is 3.21. The Labute approximate surface area is 115 Å². The number of aliphatic hydroxyl groups excluding tert-OH is 1. The summed E-state index contributed by atoms with van der Waals surface area (Å²) in [5.74, 6) is 0.0225. The van der Waals surface area contributed by atoms with Gasteiger partial charge in [-0.3, -0.25) is 4.79 Å². The Morgan fingerprint density at radius 2 is 2.00 bits per heavy atom. The highest BCUT2D eigenvalue weighted by atomic mass is 16.5. The number of carbonyl (C=O) groups excluding carboxylic acids is 1. The highest BCUT2D eigenvalue weighted by Crippen LogP contribution is 2.11. The molecule has 1 N–H and O–H groups in total. The zero-order valence-electron chi connectivity index (χ0n) is 12.0. The first-order valence-electron chi connectivity index (χ1n) is 6.52. The van der Waals surface area contributed by atoms with Crippen LogP contribution < -0.4 is 0 Å². The van der Waals surface area contributed by atoms with E-state index in [0.29, 0.717) is 26.1 Å². The number of methoxy groups -OCH3 is 1. The van der Waals surface area contributed by atoms with Crippen LogP contribution in [-0.4, -0.2) is 49.3 Å². The predicted molar refractivity (Wildman–Crippen MR) is 75.2 cm³/mol. The van der Waals surface area contributed by atoms with Crippen LogP contribution >= 0.6 is 0 Å². The van der Waals surface area contributed by atoms with Crippen LogP contribution in [0, 0.1) is 13.8 Å². The van der Waals surface area contributed by atoms with Crippen molar-refractivity contribution in [2.24, 2.45) is 0 Å². The van der Waals surface area contributed by atoms with Gasteiger partial charge in [-0.2, -0.15) is 0 Å². The van der Waals surface area contributed by atoms with Gasteiger partial charge >= 0.3 is 0 Å². The third-order valence-corrected chi connectivity index (χ3v) is 3.21. The molecule has 4 nitrogen and oxygen atoms in total. The summed E-state index contributed by atoms with van der Waals surface area (Å²) < 4.78 is 4.98. The van der Waals surface area contributed by atoms with Gasteiger partial charge in [0.1, 0.15) is 0 Å². The van der Waals surface area contributed by atoms with Crippen molar-refractivity contribution in [2.75, 3.05) is 33.4 Å². The lowest BCUT2D eigenvalue weighted by Gasteiger charge is -2.21. The van der Waals surface area contributed by atoms with Gasteiger partial charge in [0.15, 0.2) is 0 Å². The average molecular weight is 265 g/mol. The van der Waals surface area contributed by atoms with E-state index in [1.54, 1.807) is 12.0 Å². The van der Waals surface area contributed by atoms with Crippen molar-refractivity contribution >= 4 is 5.91 Å². The summed E-state index contributed by atoms with van der Waals surface area (Å²) in [4.78, 5) is 13.8. The molecule has 106 valence electrons. The van der Waals surface area contributed by atoms with Gasteiger partial charge < -0.3 is 14.7 Å². The minimum atomic E-state index is -0.0254. The average Bonchev–Trinajstić information content (AvgIpc) is 2.38. The fourth-order valence-corrected chi connectivity index (χ4v) is 1.88. The SMILES string of the molecule is COCCN(CCO)C(=O)Cc1ccc(C)c(C)c1. The van der Waals surface area contributed by atoms with Gasteiger partial charge in [0.05, 0.1) is 19.6 Å². The van der Waals surface area contributed by atoms with Crippen LogP contribution in [0.3, 0.4) is 0 Å². The van der Waals surface area contributed by atoms with E-state index in [0.717, 1.165) is 5.56 Å². The fourth-order valence-electron chi connectivity index (χ4n) is 1.88. The molecule has 0 fully saturated rings. The number of hydrogen-bond acceptors (Lipinski definition) is 3. The second-order valence-electron chi connectivity index (χ2n) is 4.69. The Bertz CT molecular complexity index is 418. The number of benzene rings is 1. The van der Waals surface area contributed by atoms with Gasteiger partial charge in [0.25, 0.3) is 0 Å². The molecule has 19 heavy (non-hydrogen) atoms. The number of amides is 1. The van der Waals surface area contributed by atoms with Gasteiger partial charge in [-0.1, -0.05) is 18.2 Å². The second kappa shape index (κ2) is 7.92. The van der Waals surface area contributed by atoms with E-state index in [1.165, 1.54) is 11.1 Å². The molecule has 0 saturated heterocycles. The van der Waals surface area contributed by atoms with Crippen LogP contribution in [-0.2, 0) is 16.0 Å². The summed E-state index contributed by atoms with van der Waals surface area (Å²) >= 11 is 0. The fraction of sp³-hybridized carbons (Fsp3) is 0.533. The van der Waals surface area contributed by atoms with Crippen LogP contribution in [0.25, 0.3) is 0 Å². The van der Waals surface area contributed by atoms with Crippen LogP contribution in [0.2, 0.25) is 0 Å². The zero-order valence-corrected chi connectivity index (χ0v) is 12.0. The van der Waals surface area contributed by atoms with Crippen molar-refractivity contribution in [1.29, 1.82) is 0 Å². The van der Waals surface area contributed by atoms with Gasteiger partial charge in [-0.05, 0) is 30.5 Å². The largest absolute Gasteiger partial charge is 0.395 e. The van der Waals surface area contributed by atoms with Gasteiger partial charge in [0.2, 0.25) is 5.91 Å². The molecule has 0 aliphatic heterocycles. The Kier molecular flexibility index (Phi) is 6.53. The molecular weight excluding hydrogens is 242 g/mol. The molecule has 0 radical (unpaired) electrons. The van der Waals surface area contributed by atoms with Crippen molar-refractivity contribution in [3.63, 3.8) is 0 Å². The Morgan fingerprint density at radius 3 is 2.58 bits per heavy atom. The monoisotopic (exact) mass is 265 g/mol. The maximum Gasteiger partial charge on any atom is 0.227 e. The quantitative estimate of drug-likeness (QED) is 0.809. The molecule has 4 heteroatoms. The molecule has 0 heterocycles. The van der Waals surface area contributed by atoms with Gasteiger partial charge in [-0.25, -0.2) is 0 Å². The van der Waals surface area contributed by atoms with Crippen molar-refractivity contribution in [1.82, 2.24) is 4.90 Å². The highest BCUT2D eigenvalue weighted by molar-refractivity contribution is 5.78. The maximum atomic E-state index is 12.2. The molecular formula is C15H23NO3. The van der Waals surface area contributed by atoms with Crippen LogP contribution in [0.1, 0.15) is 16.7 Å². The van der Waals surface area contributed by atoms with E-state index < -0.39 is 0 Å². The molecule has 0 aromatic heterocycles. The van der Waals surface area contributed by atoms with Crippen LogP contribution in [0.5, 0.6) is 0 Å². The van der Waals surface area contributed by atoms with Crippen molar-refractivity contribution in [3.05, 3.63) is 34.9 Å². The van der Waals surface area contributed by atoms with E-state index in [2.05, 4.69) is 6.92 Å². The van der Waals surface area contributed by atoms with Crippen molar-refractivity contribution in [3.8, 4) is 0 Å². The molecule has 1 amide bonds. The zero-order chi connectivity index (χ0) is 14.3. The molecule has 0 saturated carbocycles. The molecule has 1 aromatic rings. The molecule has 0 unspecified atom stereocenters. The summed E-state index contributed by atoms with van der Waals surface area (Å²) in [7, 11) is 1.60. The normalized spacial score (nSPS) is 10.5. The third kappa shape index (κ3) is 5.01. The number of hydrogen-bond donors (Lipinski definition) is 1. The van der Waals surface area contributed by atoms with E-state index in [1.807, 2.05) is 25.1 Å². The van der Waals surface area contributed by atoms with E-state index in [-0.39, 0.29) is 12.5 Å². The predicted octanol–water partition coefficient (Wildman–Crippen LogP) is 1.31. The molecule has 0 bridgehead atoms. The minimum Gasteiger partial charge on any atom is -0.395 e. The van der Waals surface area contributed by atoms with Gasteiger partial charge in [-0.15, -0.1) is 0 Å². The summed E-state index contributed by atoms with van der Waals surface area (Å²) in [5.41, 5.74) is 3.42. The lowest BCUT2D eigenvalue weighted by atomic mass is 10.0. The summed E-state index contributed by atoms with van der Waals surface area (Å²) in [5, 5.41) is 9.00. The van der Waals surface area contributed by atoms with Crippen LogP contribution in [0.4, 0.5) is 0 Å². The number of nitrogens with zero attached hydrogens (tertiary/aromatic N) is 1.